The summed E-state index contributed by atoms with van der Waals surface area (Å²) in [7, 11) is 0. The maximum absolute atomic E-state index is 12.6. The predicted molar refractivity (Wildman–Crippen MR) is 94.6 cm³/mol. The third-order valence-electron chi connectivity index (χ3n) is 4.27. The van der Waals surface area contributed by atoms with Crippen LogP contribution >= 0.6 is 11.8 Å². The molecule has 112 valence electrons. The van der Waals surface area contributed by atoms with Gasteiger partial charge in [0.05, 0.1) is 17.8 Å². The minimum absolute atomic E-state index is 0.297. The summed E-state index contributed by atoms with van der Waals surface area (Å²) in [6.45, 7) is 1.60. The Morgan fingerprint density at radius 1 is 1.13 bits per heavy atom. The van der Waals surface area contributed by atoms with Gasteiger partial charge in [0.2, 0.25) is 0 Å². The Labute approximate surface area is 136 Å². The van der Waals surface area contributed by atoms with Gasteiger partial charge in [0, 0.05) is 22.7 Å². The zero-order valence-corrected chi connectivity index (χ0v) is 13.0. The fourth-order valence-electron chi connectivity index (χ4n) is 3.16. The van der Waals surface area contributed by atoms with Crippen molar-refractivity contribution in [3.63, 3.8) is 0 Å². The number of benzene rings is 2. The summed E-state index contributed by atoms with van der Waals surface area (Å²) in [5, 5.41) is 5.93. The fourth-order valence-corrected chi connectivity index (χ4v) is 4.11. The summed E-state index contributed by atoms with van der Waals surface area (Å²) in [4.78, 5) is 19.1. The van der Waals surface area contributed by atoms with Crippen molar-refractivity contribution in [2.45, 2.75) is 0 Å². The predicted octanol–water partition coefficient (Wildman–Crippen LogP) is 3.66. The number of rotatable bonds is 1. The lowest BCUT2D eigenvalue weighted by Gasteiger charge is -2.16. The van der Waals surface area contributed by atoms with Gasteiger partial charge in [-0.3, -0.25) is 4.99 Å². The fraction of sp³-hybridized carbons (Fsp3) is 0.111. The molecule has 1 aromatic heterocycles. The molecule has 23 heavy (non-hydrogen) atoms. The average Bonchev–Trinajstić information content (AvgIpc) is 3.18. The van der Waals surface area contributed by atoms with Crippen LogP contribution in [0.15, 0.2) is 62.1 Å². The molecule has 0 unspecified atom stereocenters. The molecule has 0 saturated heterocycles. The van der Waals surface area contributed by atoms with Crippen molar-refractivity contribution in [2.24, 2.45) is 4.99 Å². The molecule has 5 rings (SSSR count). The van der Waals surface area contributed by atoms with Crippen LogP contribution in [-0.2, 0) is 0 Å². The zero-order chi connectivity index (χ0) is 15.4. The highest BCUT2D eigenvalue weighted by Gasteiger charge is 2.29. The van der Waals surface area contributed by atoms with E-state index in [1.165, 1.54) is 0 Å². The van der Waals surface area contributed by atoms with Crippen molar-refractivity contribution >= 4 is 44.4 Å². The summed E-state index contributed by atoms with van der Waals surface area (Å²) < 4.78 is 5.69. The molecule has 0 atom stereocenters. The number of fused-ring (bicyclic) bond motifs is 4. The van der Waals surface area contributed by atoms with E-state index in [1.807, 2.05) is 41.8 Å². The molecule has 0 aliphatic carbocycles. The van der Waals surface area contributed by atoms with Crippen LogP contribution in [0.4, 0.5) is 0 Å². The summed E-state index contributed by atoms with van der Waals surface area (Å²) in [5.41, 5.74) is 1.86. The van der Waals surface area contributed by atoms with Crippen molar-refractivity contribution in [3.8, 4) is 0 Å². The van der Waals surface area contributed by atoms with Gasteiger partial charge in [-0.15, -0.1) is 0 Å². The smallest absolute Gasteiger partial charge is 0.345 e. The topological polar surface area (TPSA) is 45.8 Å². The maximum Gasteiger partial charge on any atom is 0.345 e. The molecular formula is C18H12N2O2S. The van der Waals surface area contributed by atoms with Crippen molar-refractivity contribution < 1.29 is 4.42 Å². The second kappa shape index (κ2) is 4.73. The van der Waals surface area contributed by atoms with Gasteiger partial charge >= 0.3 is 5.63 Å². The van der Waals surface area contributed by atoms with E-state index in [0.29, 0.717) is 11.1 Å². The number of thioether (sulfide) groups is 1. The number of hydrogen-bond donors (Lipinski definition) is 0. The SMILES string of the molecule is O=c1oc2c(ccc3ccccc32)cc1C1=CSC2=NCCN12. The van der Waals surface area contributed by atoms with Gasteiger partial charge in [-0.2, -0.15) is 0 Å². The van der Waals surface area contributed by atoms with Crippen LogP contribution in [0.3, 0.4) is 0 Å². The molecule has 0 amide bonds. The van der Waals surface area contributed by atoms with E-state index < -0.39 is 0 Å². The third kappa shape index (κ3) is 1.86. The Balaban J connectivity index is 1.75. The second-order valence-corrected chi connectivity index (χ2v) is 6.43. The molecule has 4 nitrogen and oxygen atoms in total. The van der Waals surface area contributed by atoms with Gasteiger partial charge in [0.1, 0.15) is 5.58 Å². The molecule has 2 aliphatic heterocycles. The second-order valence-electron chi connectivity index (χ2n) is 5.59. The first kappa shape index (κ1) is 13.0. The normalized spacial score (nSPS) is 16.8. The highest BCUT2D eigenvalue weighted by molar-refractivity contribution is 8.16. The van der Waals surface area contributed by atoms with Crippen LogP contribution < -0.4 is 5.63 Å². The van der Waals surface area contributed by atoms with Crippen LogP contribution in [0.1, 0.15) is 5.56 Å². The average molecular weight is 320 g/mol. The van der Waals surface area contributed by atoms with Gasteiger partial charge in [0.25, 0.3) is 0 Å². The maximum atomic E-state index is 12.6. The molecule has 0 fully saturated rings. The summed E-state index contributed by atoms with van der Waals surface area (Å²) in [5.74, 6) is 0. The van der Waals surface area contributed by atoms with Crippen LogP contribution in [0, 0.1) is 0 Å². The molecule has 2 aliphatic rings. The van der Waals surface area contributed by atoms with E-state index in [-0.39, 0.29) is 5.63 Å². The first-order chi connectivity index (χ1) is 11.3. The quantitative estimate of drug-likeness (QED) is 0.507. The molecule has 5 heteroatoms. The Bertz CT molecular complexity index is 1080. The zero-order valence-electron chi connectivity index (χ0n) is 12.2. The Kier molecular flexibility index (Phi) is 2.67. The number of nitrogens with zero attached hydrogens (tertiary/aromatic N) is 2. The summed E-state index contributed by atoms with van der Waals surface area (Å²) in [6.07, 6.45) is 0. The third-order valence-corrected chi connectivity index (χ3v) is 5.17. The van der Waals surface area contributed by atoms with E-state index in [2.05, 4.69) is 16.0 Å². The summed E-state index contributed by atoms with van der Waals surface area (Å²) in [6, 6.07) is 13.9. The molecule has 3 aromatic rings. The minimum atomic E-state index is -0.297. The van der Waals surface area contributed by atoms with Crippen molar-refractivity contribution in [2.75, 3.05) is 13.1 Å². The lowest BCUT2D eigenvalue weighted by atomic mass is 10.1. The van der Waals surface area contributed by atoms with Gasteiger partial charge in [0.15, 0.2) is 5.17 Å². The number of aliphatic imine (C=N–C) groups is 1. The van der Waals surface area contributed by atoms with E-state index in [9.17, 15) is 4.79 Å². The van der Waals surface area contributed by atoms with Gasteiger partial charge < -0.3 is 9.32 Å². The van der Waals surface area contributed by atoms with E-state index in [0.717, 1.165) is 40.1 Å². The Morgan fingerprint density at radius 3 is 2.96 bits per heavy atom. The molecule has 3 heterocycles. The van der Waals surface area contributed by atoms with Gasteiger partial charge in [-0.25, -0.2) is 4.79 Å². The minimum Gasteiger partial charge on any atom is -0.422 e. The molecular weight excluding hydrogens is 308 g/mol. The van der Waals surface area contributed by atoms with Crippen molar-refractivity contribution in [3.05, 3.63) is 63.9 Å². The van der Waals surface area contributed by atoms with Crippen LogP contribution in [0.5, 0.6) is 0 Å². The van der Waals surface area contributed by atoms with E-state index >= 15 is 0 Å². The monoisotopic (exact) mass is 320 g/mol. The van der Waals surface area contributed by atoms with Gasteiger partial charge in [-0.05, 0) is 11.5 Å². The first-order valence-electron chi connectivity index (χ1n) is 7.46. The standard InChI is InChI=1S/C18H12N2O2S/c21-17-14(15-10-23-18-19-7-8-20(15)18)9-12-6-5-11-3-1-2-4-13(11)16(12)22-17/h1-6,9-10H,7-8H2. The molecule has 0 N–H and O–H groups in total. The van der Waals surface area contributed by atoms with Crippen LogP contribution in [0.25, 0.3) is 27.4 Å². The Morgan fingerprint density at radius 2 is 2.00 bits per heavy atom. The molecule has 0 bridgehead atoms. The highest BCUT2D eigenvalue weighted by atomic mass is 32.2. The largest absolute Gasteiger partial charge is 0.422 e. The number of amidine groups is 1. The summed E-state index contributed by atoms with van der Waals surface area (Å²) >= 11 is 1.57. The lowest BCUT2D eigenvalue weighted by Crippen LogP contribution is -2.23. The molecule has 2 aromatic carbocycles. The first-order valence-corrected chi connectivity index (χ1v) is 8.34. The van der Waals surface area contributed by atoms with Crippen LogP contribution in [0.2, 0.25) is 0 Å². The molecule has 0 radical (unpaired) electrons. The van der Waals surface area contributed by atoms with Crippen molar-refractivity contribution in [1.29, 1.82) is 0 Å². The van der Waals surface area contributed by atoms with Crippen molar-refractivity contribution in [1.82, 2.24) is 4.90 Å². The molecule has 0 saturated carbocycles. The molecule has 0 spiro atoms. The Hall–Kier alpha value is -2.53. The number of hydrogen-bond acceptors (Lipinski definition) is 5. The van der Waals surface area contributed by atoms with Crippen LogP contribution in [-0.4, -0.2) is 23.2 Å². The van der Waals surface area contributed by atoms with Gasteiger partial charge in [-0.1, -0.05) is 48.2 Å². The lowest BCUT2D eigenvalue weighted by molar-refractivity contribution is 0.555. The van der Waals surface area contributed by atoms with E-state index in [4.69, 9.17) is 4.42 Å². The van der Waals surface area contributed by atoms with E-state index in [1.54, 1.807) is 11.8 Å². The highest BCUT2D eigenvalue weighted by Crippen LogP contribution is 2.35.